The van der Waals surface area contributed by atoms with Gasteiger partial charge in [-0.2, -0.15) is 0 Å². The van der Waals surface area contributed by atoms with Crippen LogP contribution in [0.5, 0.6) is 0 Å². The minimum absolute atomic E-state index is 0.285. The third kappa shape index (κ3) is 4.27. The second-order valence-electron chi connectivity index (χ2n) is 6.75. The third-order valence-electron chi connectivity index (χ3n) is 4.73. The number of hydrogen-bond acceptors (Lipinski definition) is 5. The van der Waals surface area contributed by atoms with E-state index in [2.05, 4.69) is 52.5 Å². The average Bonchev–Trinajstić information content (AvgIpc) is 2.87. The molecule has 0 atom stereocenters. The number of hydrogen-bond donors (Lipinski definition) is 1. The monoisotopic (exact) mass is 309 g/mol. The van der Waals surface area contributed by atoms with Crippen LogP contribution >= 0.6 is 0 Å². The number of aromatic nitrogens is 3. The molecule has 0 aromatic carbocycles. The molecule has 2 heterocycles. The van der Waals surface area contributed by atoms with Crippen molar-refractivity contribution in [3.8, 4) is 0 Å². The van der Waals surface area contributed by atoms with Gasteiger partial charge >= 0.3 is 0 Å². The van der Waals surface area contributed by atoms with Crippen LogP contribution < -0.4 is 0 Å². The maximum absolute atomic E-state index is 8.94. The smallest absolute Gasteiger partial charge is 0.146 e. The van der Waals surface area contributed by atoms with Crippen LogP contribution in [0.3, 0.4) is 0 Å². The first kappa shape index (κ1) is 17.4. The zero-order valence-electron chi connectivity index (χ0n) is 14.5. The summed E-state index contributed by atoms with van der Waals surface area (Å²) in [5.41, 5.74) is 0. The highest BCUT2D eigenvalue weighted by atomic mass is 16.3. The van der Waals surface area contributed by atoms with Gasteiger partial charge in [0.2, 0.25) is 0 Å². The molecule has 0 bridgehead atoms. The van der Waals surface area contributed by atoms with Crippen molar-refractivity contribution in [3.05, 3.63) is 11.6 Å². The lowest BCUT2D eigenvalue weighted by Gasteiger charge is -2.36. The predicted octanol–water partition coefficient (Wildman–Crippen LogP) is 1.22. The van der Waals surface area contributed by atoms with E-state index in [-0.39, 0.29) is 6.61 Å². The van der Waals surface area contributed by atoms with E-state index in [9.17, 15) is 0 Å². The van der Waals surface area contributed by atoms with Gasteiger partial charge in [-0.05, 0) is 26.3 Å². The second kappa shape index (κ2) is 8.04. The first-order valence-corrected chi connectivity index (χ1v) is 8.44. The number of aliphatic hydroxyl groups excluding tert-OH is 1. The molecule has 1 N–H and O–H groups in total. The molecule has 0 saturated carbocycles. The molecule has 1 aromatic heterocycles. The van der Waals surface area contributed by atoms with Crippen molar-refractivity contribution >= 4 is 0 Å². The molecule has 2 rings (SSSR count). The van der Waals surface area contributed by atoms with Crippen LogP contribution in [0.15, 0.2) is 0 Å². The lowest BCUT2D eigenvalue weighted by atomic mass is 10.0. The molecule has 0 spiro atoms. The Morgan fingerprint density at radius 2 is 1.95 bits per heavy atom. The molecule has 6 heteroatoms. The highest BCUT2D eigenvalue weighted by molar-refractivity contribution is 4.99. The number of aliphatic hydroxyl groups is 1. The molecule has 1 saturated heterocycles. The molecule has 0 amide bonds. The van der Waals surface area contributed by atoms with E-state index in [1.54, 1.807) is 0 Å². The number of rotatable bonds is 7. The summed E-state index contributed by atoms with van der Waals surface area (Å²) in [7, 11) is 4.24. The summed E-state index contributed by atoms with van der Waals surface area (Å²) in [4.78, 5) is 4.87. The average molecular weight is 309 g/mol. The van der Waals surface area contributed by atoms with E-state index in [0.717, 1.165) is 44.2 Å². The fourth-order valence-electron chi connectivity index (χ4n) is 3.24. The Bertz CT molecular complexity index is 451. The molecule has 126 valence electrons. The van der Waals surface area contributed by atoms with Gasteiger partial charge in [0.25, 0.3) is 0 Å². The van der Waals surface area contributed by atoms with Gasteiger partial charge in [0, 0.05) is 45.2 Å². The standard InChI is InChI=1S/C16H31N5O/c1-13(2)16-18-17-15(20(16)4)12-21-9-6-14(7-10-21)19(3)8-5-11-22/h13-14,22H,5-12H2,1-4H3. The van der Waals surface area contributed by atoms with E-state index in [1.165, 1.54) is 12.8 Å². The van der Waals surface area contributed by atoms with Crippen molar-refractivity contribution < 1.29 is 5.11 Å². The van der Waals surface area contributed by atoms with Gasteiger partial charge in [-0.15, -0.1) is 10.2 Å². The number of likely N-dealkylation sites (tertiary alicyclic amines) is 1. The molecular formula is C16H31N5O. The lowest BCUT2D eigenvalue weighted by Crippen LogP contribution is -2.43. The van der Waals surface area contributed by atoms with Crippen molar-refractivity contribution in [1.29, 1.82) is 0 Å². The molecule has 0 aliphatic carbocycles. The van der Waals surface area contributed by atoms with Crippen molar-refractivity contribution in [2.24, 2.45) is 7.05 Å². The highest BCUT2D eigenvalue weighted by Gasteiger charge is 2.23. The lowest BCUT2D eigenvalue weighted by molar-refractivity contribution is 0.115. The normalized spacial score (nSPS) is 17.8. The summed E-state index contributed by atoms with van der Waals surface area (Å²) in [6, 6.07) is 0.647. The van der Waals surface area contributed by atoms with Crippen LogP contribution in [0.2, 0.25) is 0 Å². The Kier molecular flexibility index (Phi) is 6.35. The summed E-state index contributed by atoms with van der Waals surface area (Å²) in [6.45, 7) is 8.69. The quantitative estimate of drug-likeness (QED) is 0.820. The largest absolute Gasteiger partial charge is 0.396 e. The van der Waals surface area contributed by atoms with Crippen molar-refractivity contribution in [1.82, 2.24) is 24.6 Å². The van der Waals surface area contributed by atoms with Crippen LogP contribution in [0.4, 0.5) is 0 Å². The minimum atomic E-state index is 0.285. The SMILES string of the molecule is CC(C)c1nnc(CN2CCC(N(C)CCCO)CC2)n1C. The summed E-state index contributed by atoms with van der Waals surface area (Å²) in [6.07, 6.45) is 3.25. The molecule has 0 radical (unpaired) electrons. The minimum Gasteiger partial charge on any atom is -0.396 e. The molecule has 1 aliphatic rings. The Labute approximate surface area is 134 Å². The van der Waals surface area contributed by atoms with E-state index in [0.29, 0.717) is 12.0 Å². The Morgan fingerprint density at radius 3 is 2.50 bits per heavy atom. The molecule has 6 nitrogen and oxygen atoms in total. The van der Waals surface area contributed by atoms with Crippen LogP contribution in [-0.2, 0) is 13.6 Å². The third-order valence-corrected chi connectivity index (χ3v) is 4.73. The van der Waals surface area contributed by atoms with Crippen molar-refractivity contribution in [2.45, 2.75) is 51.6 Å². The molecule has 1 aliphatic heterocycles. The molecule has 0 unspecified atom stereocenters. The fourth-order valence-corrected chi connectivity index (χ4v) is 3.24. The van der Waals surface area contributed by atoms with E-state index in [1.807, 2.05) is 0 Å². The second-order valence-corrected chi connectivity index (χ2v) is 6.75. The van der Waals surface area contributed by atoms with Crippen LogP contribution in [0.25, 0.3) is 0 Å². The zero-order valence-corrected chi connectivity index (χ0v) is 14.5. The van der Waals surface area contributed by atoms with E-state index < -0.39 is 0 Å². The van der Waals surface area contributed by atoms with Gasteiger partial charge in [0.05, 0.1) is 6.54 Å². The summed E-state index contributed by atoms with van der Waals surface area (Å²) >= 11 is 0. The van der Waals surface area contributed by atoms with E-state index >= 15 is 0 Å². The first-order chi connectivity index (χ1) is 10.5. The van der Waals surface area contributed by atoms with E-state index in [4.69, 9.17) is 5.11 Å². The molecular weight excluding hydrogens is 278 g/mol. The first-order valence-electron chi connectivity index (χ1n) is 8.44. The maximum Gasteiger partial charge on any atom is 0.146 e. The van der Waals surface area contributed by atoms with Gasteiger partial charge in [-0.1, -0.05) is 13.8 Å². The number of piperidine rings is 1. The van der Waals surface area contributed by atoms with Crippen molar-refractivity contribution in [3.63, 3.8) is 0 Å². The topological polar surface area (TPSA) is 57.4 Å². The van der Waals surface area contributed by atoms with Gasteiger partial charge < -0.3 is 14.6 Å². The van der Waals surface area contributed by atoms with Crippen LogP contribution in [0, 0.1) is 0 Å². The van der Waals surface area contributed by atoms with Gasteiger partial charge in [0.1, 0.15) is 11.6 Å². The summed E-state index contributed by atoms with van der Waals surface area (Å²) in [5, 5.41) is 17.6. The highest BCUT2D eigenvalue weighted by Crippen LogP contribution is 2.18. The fraction of sp³-hybridized carbons (Fsp3) is 0.875. The zero-order chi connectivity index (χ0) is 16.1. The van der Waals surface area contributed by atoms with Gasteiger partial charge in [-0.3, -0.25) is 4.90 Å². The predicted molar refractivity (Wildman–Crippen MR) is 87.7 cm³/mol. The Hall–Kier alpha value is -0.980. The molecule has 22 heavy (non-hydrogen) atoms. The van der Waals surface area contributed by atoms with Crippen LogP contribution in [0.1, 0.15) is 50.7 Å². The van der Waals surface area contributed by atoms with Crippen molar-refractivity contribution in [2.75, 3.05) is 33.3 Å². The molecule has 1 fully saturated rings. The van der Waals surface area contributed by atoms with Gasteiger partial charge in [0.15, 0.2) is 0 Å². The van der Waals surface area contributed by atoms with Gasteiger partial charge in [-0.25, -0.2) is 0 Å². The maximum atomic E-state index is 8.94. The van der Waals surface area contributed by atoms with Crippen LogP contribution in [-0.4, -0.2) is 69.0 Å². The Morgan fingerprint density at radius 1 is 1.27 bits per heavy atom. The molecule has 1 aromatic rings. The summed E-state index contributed by atoms with van der Waals surface area (Å²) in [5.74, 6) is 2.54. The number of nitrogens with zero attached hydrogens (tertiary/aromatic N) is 5. The Balaban J connectivity index is 1.82. The summed E-state index contributed by atoms with van der Waals surface area (Å²) < 4.78 is 2.14.